The lowest BCUT2D eigenvalue weighted by Gasteiger charge is -2.07. The fraction of sp³-hybridized carbons (Fsp3) is 0.263. The van der Waals surface area contributed by atoms with Gasteiger partial charge >= 0.3 is 0 Å². The minimum atomic E-state index is -3.65. The maximum absolute atomic E-state index is 14.4. The Morgan fingerprint density at radius 2 is 1.97 bits per heavy atom. The number of benzene rings is 2. The molecule has 3 rings (SSSR count). The fourth-order valence-electron chi connectivity index (χ4n) is 2.84. The van der Waals surface area contributed by atoms with Crippen molar-refractivity contribution < 1.29 is 26.7 Å². The summed E-state index contributed by atoms with van der Waals surface area (Å²) in [4.78, 5) is 16.8. The van der Waals surface area contributed by atoms with Crippen molar-refractivity contribution in [1.29, 1.82) is 0 Å². The standard InChI is InChI=1S/C19H18F2N2O4S2/c1-3-27-9-8-23-17-14(21)10-12(20)11-15(17)28-19(23)22-18(24)13-6-4-5-7-16(13)29(2,25)26/h4-7,10-11H,3,8-9H2,1-2H3. The van der Waals surface area contributed by atoms with Gasteiger partial charge in [0.2, 0.25) is 0 Å². The minimum Gasteiger partial charge on any atom is -0.380 e. The Morgan fingerprint density at radius 1 is 1.24 bits per heavy atom. The number of fused-ring (bicyclic) bond motifs is 1. The molecule has 1 amide bonds. The van der Waals surface area contributed by atoms with Gasteiger partial charge < -0.3 is 9.30 Å². The number of hydrogen-bond acceptors (Lipinski definition) is 5. The van der Waals surface area contributed by atoms with Crippen LogP contribution in [0.15, 0.2) is 46.3 Å². The summed E-state index contributed by atoms with van der Waals surface area (Å²) in [5, 5.41) is 0. The summed E-state index contributed by atoms with van der Waals surface area (Å²) >= 11 is 0.937. The molecule has 0 aliphatic heterocycles. The molecule has 2 aromatic carbocycles. The zero-order valence-corrected chi connectivity index (χ0v) is 17.3. The van der Waals surface area contributed by atoms with Gasteiger partial charge in [0.15, 0.2) is 20.5 Å². The van der Waals surface area contributed by atoms with E-state index in [-0.39, 0.29) is 38.6 Å². The second-order valence-corrected chi connectivity index (χ2v) is 9.15. The summed E-state index contributed by atoms with van der Waals surface area (Å²) < 4.78 is 59.0. The topological polar surface area (TPSA) is 77.7 Å². The lowest BCUT2D eigenvalue weighted by molar-refractivity contribution is 0.0993. The van der Waals surface area contributed by atoms with Crippen LogP contribution < -0.4 is 4.80 Å². The molecular formula is C19H18F2N2O4S2. The summed E-state index contributed by atoms with van der Waals surface area (Å²) in [5.74, 6) is -2.31. The highest BCUT2D eigenvalue weighted by atomic mass is 32.2. The molecule has 154 valence electrons. The number of sulfone groups is 1. The molecule has 0 aliphatic carbocycles. The zero-order chi connectivity index (χ0) is 21.2. The van der Waals surface area contributed by atoms with E-state index in [2.05, 4.69) is 4.99 Å². The number of ether oxygens (including phenoxy) is 1. The number of halogens is 2. The summed E-state index contributed by atoms with van der Waals surface area (Å²) in [6.07, 6.45) is 0.999. The first-order valence-electron chi connectivity index (χ1n) is 8.66. The number of aromatic nitrogens is 1. The number of nitrogens with zero attached hydrogens (tertiary/aromatic N) is 2. The van der Waals surface area contributed by atoms with Crippen molar-refractivity contribution >= 4 is 37.3 Å². The maximum atomic E-state index is 14.4. The number of thiazole rings is 1. The van der Waals surface area contributed by atoms with Crippen LogP contribution in [0.2, 0.25) is 0 Å². The number of carbonyl (C=O) groups excluding carboxylic acids is 1. The zero-order valence-electron chi connectivity index (χ0n) is 15.7. The number of amides is 1. The molecule has 0 radical (unpaired) electrons. The van der Waals surface area contributed by atoms with E-state index < -0.39 is 27.4 Å². The SMILES string of the molecule is CCOCCn1c(=NC(=O)c2ccccc2S(C)(=O)=O)sc2cc(F)cc(F)c21. The van der Waals surface area contributed by atoms with Crippen LogP contribution in [0.3, 0.4) is 0 Å². The third kappa shape index (κ3) is 4.60. The van der Waals surface area contributed by atoms with Gasteiger partial charge in [-0.15, -0.1) is 0 Å². The van der Waals surface area contributed by atoms with Gasteiger partial charge in [-0.2, -0.15) is 4.99 Å². The molecule has 0 saturated heterocycles. The van der Waals surface area contributed by atoms with Crippen LogP contribution in [-0.4, -0.2) is 38.4 Å². The molecule has 0 bridgehead atoms. The Morgan fingerprint density at radius 3 is 2.66 bits per heavy atom. The Bertz CT molecular complexity index is 1250. The summed E-state index contributed by atoms with van der Waals surface area (Å²) in [6.45, 7) is 2.69. The first-order valence-corrected chi connectivity index (χ1v) is 11.4. The highest BCUT2D eigenvalue weighted by Crippen LogP contribution is 2.23. The highest BCUT2D eigenvalue weighted by Gasteiger charge is 2.19. The second kappa shape index (κ2) is 8.52. The van der Waals surface area contributed by atoms with Crippen molar-refractivity contribution in [2.45, 2.75) is 18.4 Å². The number of rotatable bonds is 6. The Balaban J connectivity index is 2.19. The molecule has 0 unspecified atom stereocenters. The van der Waals surface area contributed by atoms with E-state index in [1.54, 1.807) is 0 Å². The van der Waals surface area contributed by atoms with E-state index in [0.717, 1.165) is 29.7 Å². The second-order valence-electron chi connectivity index (χ2n) is 6.15. The van der Waals surface area contributed by atoms with Crippen LogP contribution in [-0.2, 0) is 21.1 Å². The summed E-state index contributed by atoms with van der Waals surface area (Å²) in [5.41, 5.74) is 0.0227. The van der Waals surface area contributed by atoms with Crippen molar-refractivity contribution in [3.8, 4) is 0 Å². The van der Waals surface area contributed by atoms with Crippen molar-refractivity contribution in [1.82, 2.24) is 4.57 Å². The molecule has 1 heterocycles. The van der Waals surface area contributed by atoms with Gasteiger partial charge in [0, 0.05) is 25.5 Å². The average molecular weight is 440 g/mol. The van der Waals surface area contributed by atoms with Gasteiger partial charge in [-0.3, -0.25) is 4.79 Å². The van der Waals surface area contributed by atoms with E-state index in [9.17, 15) is 22.0 Å². The smallest absolute Gasteiger partial charge is 0.280 e. The van der Waals surface area contributed by atoms with Gasteiger partial charge in [-0.05, 0) is 25.1 Å². The monoisotopic (exact) mass is 440 g/mol. The molecule has 6 nitrogen and oxygen atoms in total. The van der Waals surface area contributed by atoms with E-state index >= 15 is 0 Å². The lowest BCUT2D eigenvalue weighted by Crippen LogP contribution is -2.20. The first-order chi connectivity index (χ1) is 13.7. The normalized spacial score (nSPS) is 12.6. The van der Waals surface area contributed by atoms with Gasteiger partial charge in [-0.25, -0.2) is 17.2 Å². The third-order valence-electron chi connectivity index (χ3n) is 4.07. The predicted molar refractivity (Wildman–Crippen MR) is 106 cm³/mol. The molecule has 1 aromatic heterocycles. The van der Waals surface area contributed by atoms with Crippen LogP contribution in [0.5, 0.6) is 0 Å². The Kier molecular flexibility index (Phi) is 6.25. The minimum absolute atomic E-state index is 0.0875. The van der Waals surface area contributed by atoms with Crippen LogP contribution in [0.4, 0.5) is 8.78 Å². The van der Waals surface area contributed by atoms with Crippen LogP contribution >= 0.6 is 11.3 Å². The molecule has 0 aliphatic rings. The Labute approximate surface area is 170 Å². The lowest BCUT2D eigenvalue weighted by atomic mass is 10.2. The third-order valence-corrected chi connectivity index (χ3v) is 6.25. The fourth-order valence-corrected chi connectivity index (χ4v) is 4.81. The molecule has 0 saturated carbocycles. The number of carbonyl (C=O) groups is 1. The van der Waals surface area contributed by atoms with E-state index in [0.29, 0.717) is 6.61 Å². The van der Waals surface area contributed by atoms with Crippen molar-refractivity contribution in [3.63, 3.8) is 0 Å². The Hall–Kier alpha value is -2.43. The largest absolute Gasteiger partial charge is 0.380 e. The molecule has 10 heteroatoms. The molecule has 3 aromatic rings. The maximum Gasteiger partial charge on any atom is 0.280 e. The van der Waals surface area contributed by atoms with Gasteiger partial charge in [-0.1, -0.05) is 23.5 Å². The van der Waals surface area contributed by atoms with Crippen LogP contribution in [0.1, 0.15) is 17.3 Å². The van der Waals surface area contributed by atoms with Crippen molar-refractivity contribution in [2.75, 3.05) is 19.5 Å². The average Bonchev–Trinajstić information content (AvgIpc) is 2.98. The molecule has 0 atom stereocenters. The molecule has 0 fully saturated rings. The van der Waals surface area contributed by atoms with Gasteiger partial charge in [0.05, 0.1) is 27.3 Å². The quantitative estimate of drug-likeness (QED) is 0.552. The molecule has 0 N–H and O–H groups in total. The van der Waals surface area contributed by atoms with Crippen molar-refractivity contribution in [2.24, 2.45) is 4.99 Å². The molecular weight excluding hydrogens is 422 g/mol. The predicted octanol–water partition coefficient (Wildman–Crippen LogP) is 3.16. The van der Waals surface area contributed by atoms with E-state index in [1.165, 1.54) is 28.8 Å². The molecule has 0 spiro atoms. The van der Waals surface area contributed by atoms with Gasteiger partial charge in [0.25, 0.3) is 5.91 Å². The van der Waals surface area contributed by atoms with Crippen LogP contribution in [0.25, 0.3) is 10.2 Å². The van der Waals surface area contributed by atoms with Crippen LogP contribution in [0, 0.1) is 11.6 Å². The molecule has 29 heavy (non-hydrogen) atoms. The summed E-state index contributed by atoms with van der Waals surface area (Å²) in [6, 6.07) is 7.64. The highest BCUT2D eigenvalue weighted by molar-refractivity contribution is 7.90. The van der Waals surface area contributed by atoms with E-state index in [4.69, 9.17) is 4.74 Å². The number of hydrogen-bond donors (Lipinski definition) is 0. The first kappa shape index (κ1) is 21.3. The van der Waals surface area contributed by atoms with Gasteiger partial charge in [0.1, 0.15) is 5.82 Å². The van der Waals surface area contributed by atoms with Crippen molar-refractivity contribution in [3.05, 3.63) is 58.4 Å². The van der Waals surface area contributed by atoms with E-state index in [1.807, 2.05) is 6.92 Å². The summed E-state index contributed by atoms with van der Waals surface area (Å²) in [7, 11) is -3.65.